The molecule has 0 radical (unpaired) electrons. The topological polar surface area (TPSA) is 61.4 Å². The first-order chi connectivity index (χ1) is 10.1. The molecule has 0 saturated carbocycles. The largest absolute Gasteiger partial charge is 0.384 e. The lowest BCUT2D eigenvalue weighted by molar-refractivity contribution is 0.293. The maximum absolute atomic E-state index is 12.3. The molecule has 0 aromatic heterocycles. The van der Waals surface area contributed by atoms with Crippen LogP contribution in [0.15, 0.2) is 23.1 Å². The predicted octanol–water partition coefficient (Wildman–Crippen LogP) is 1.66. The van der Waals surface area contributed by atoms with Crippen LogP contribution >= 0.6 is 0 Å². The maximum Gasteiger partial charge on any atom is 0.240 e. The second-order valence-electron chi connectivity index (χ2n) is 5.33. The van der Waals surface area contributed by atoms with Crippen LogP contribution in [-0.4, -0.2) is 46.0 Å². The van der Waals surface area contributed by atoms with E-state index in [1.54, 1.807) is 12.1 Å². The third-order valence-electron chi connectivity index (χ3n) is 3.81. The van der Waals surface area contributed by atoms with Gasteiger partial charge in [-0.1, -0.05) is 19.9 Å². The van der Waals surface area contributed by atoms with Gasteiger partial charge in [0.25, 0.3) is 0 Å². The number of rotatable bonds is 8. The van der Waals surface area contributed by atoms with E-state index in [1.807, 2.05) is 6.07 Å². The van der Waals surface area contributed by atoms with Crippen molar-refractivity contribution in [1.29, 1.82) is 0 Å². The van der Waals surface area contributed by atoms with E-state index < -0.39 is 10.0 Å². The Morgan fingerprint density at radius 3 is 2.81 bits per heavy atom. The Hall–Kier alpha value is -1.11. The minimum atomic E-state index is -3.42. The Labute approximate surface area is 127 Å². The van der Waals surface area contributed by atoms with Crippen LogP contribution in [0.2, 0.25) is 0 Å². The fourth-order valence-electron chi connectivity index (χ4n) is 2.60. The average Bonchev–Trinajstić information content (AvgIpc) is 2.93. The number of hydrogen-bond acceptors (Lipinski definition) is 4. The first-order valence-electron chi connectivity index (χ1n) is 7.65. The first-order valence-corrected chi connectivity index (χ1v) is 9.14. The van der Waals surface area contributed by atoms with E-state index in [4.69, 9.17) is 0 Å². The molecule has 0 unspecified atom stereocenters. The molecule has 21 heavy (non-hydrogen) atoms. The second kappa shape index (κ2) is 7.24. The SMILES string of the molecule is CCCN(CC)CCNS(=O)(=O)c1ccc2c(c1)NCC2. The summed E-state index contributed by atoms with van der Waals surface area (Å²) in [6, 6.07) is 5.32. The van der Waals surface area contributed by atoms with Crippen LogP contribution in [0, 0.1) is 0 Å². The van der Waals surface area contributed by atoms with E-state index in [0.29, 0.717) is 11.4 Å². The van der Waals surface area contributed by atoms with Gasteiger partial charge in [-0.3, -0.25) is 0 Å². The summed E-state index contributed by atoms with van der Waals surface area (Å²) in [6.07, 6.45) is 2.04. The van der Waals surface area contributed by atoms with E-state index in [0.717, 1.165) is 44.7 Å². The number of fused-ring (bicyclic) bond motifs is 1. The van der Waals surface area contributed by atoms with Gasteiger partial charge in [0.05, 0.1) is 4.90 Å². The van der Waals surface area contributed by atoms with Gasteiger partial charge in [0.15, 0.2) is 0 Å². The smallest absolute Gasteiger partial charge is 0.240 e. The summed E-state index contributed by atoms with van der Waals surface area (Å²) in [5.41, 5.74) is 2.13. The molecule has 1 heterocycles. The molecule has 5 nitrogen and oxygen atoms in total. The molecule has 1 aromatic carbocycles. The predicted molar refractivity (Wildman–Crippen MR) is 86.2 cm³/mol. The normalized spacial score (nSPS) is 14.2. The minimum Gasteiger partial charge on any atom is -0.384 e. The van der Waals surface area contributed by atoms with Crippen molar-refractivity contribution in [1.82, 2.24) is 9.62 Å². The van der Waals surface area contributed by atoms with Crippen molar-refractivity contribution in [3.05, 3.63) is 23.8 Å². The second-order valence-corrected chi connectivity index (χ2v) is 7.09. The molecule has 118 valence electrons. The van der Waals surface area contributed by atoms with E-state index in [-0.39, 0.29) is 0 Å². The molecule has 0 aliphatic carbocycles. The Morgan fingerprint density at radius 1 is 1.29 bits per heavy atom. The molecule has 0 amide bonds. The van der Waals surface area contributed by atoms with Gasteiger partial charge in [0.2, 0.25) is 10.0 Å². The van der Waals surface area contributed by atoms with Crippen molar-refractivity contribution >= 4 is 15.7 Å². The van der Waals surface area contributed by atoms with E-state index in [2.05, 4.69) is 28.8 Å². The number of anilines is 1. The van der Waals surface area contributed by atoms with Crippen molar-refractivity contribution in [3.63, 3.8) is 0 Å². The minimum absolute atomic E-state index is 0.342. The molecule has 1 aliphatic rings. The number of hydrogen-bond donors (Lipinski definition) is 2. The molecule has 0 spiro atoms. The van der Waals surface area contributed by atoms with Crippen LogP contribution < -0.4 is 10.0 Å². The molecule has 1 aliphatic heterocycles. The lowest BCUT2D eigenvalue weighted by atomic mass is 10.2. The van der Waals surface area contributed by atoms with Crippen molar-refractivity contribution in [2.45, 2.75) is 31.6 Å². The van der Waals surface area contributed by atoms with Crippen molar-refractivity contribution in [2.75, 3.05) is 38.0 Å². The van der Waals surface area contributed by atoms with Gasteiger partial charge in [-0.05, 0) is 43.6 Å². The summed E-state index contributed by atoms with van der Waals surface area (Å²) in [6.45, 7) is 8.24. The highest BCUT2D eigenvalue weighted by Crippen LogP contribution is 2.25. The molecule has 0 fully saturated rings. The van der Waals surface area contributed by atoms with Gasteiger partial charge in [-0.2, -0.15) is 0 Å². The summed E-state index contributed by atoms with van der Waals surface area (Å²) < 4.78 is 27.3. The lowest BCUT2D eigenvalue weighted by Gasteiger charge is -2.19. The highest BCUT2D eigenvalue weighted by Gasteiger charge is 2.18. The van der Waals surface area contributed by atoms with Crippen molar-refractivity contribution in [3.8, 4) is 0 Å². The molecule has 0 atom stereocenters. The van der Waals surface area contributed by atoms with Crippen LogP contribution in [0.1, 0.15) is 25.8 Å². The van der Waals surface area contributed by atoms with Crippen molar-refractivity contribution < 1.29 is 8.42 Å². The number of sulfonamides is 1. The third kappa shape index (κ3) is 4.18. The quantitative estimate of drug-likeness (QED) is 0.766. The van der Waals surface area contributed by atoms with Gasteiger partial charge in [0, 0.05) is 25.3 Å². The lowest BCUT2D eigenvalue weighted by Crippen LogP contribution is -2.35. The summed E-state index contributed by atoms with van der Waals surface area (Å²) >= 11 is 0. The standard InChI is InChI=1S/C15H25N3O2S/c1-3-10-18(4-2)11-9-17-21(19,20)14-6-5-13-7-8-16-15(13)12-14/h5-6,12,16-17H,3-4,7-11H2,1-2H3. The van der Waals surface area contributed by atoms with Crippen LogP contribution in [0.3, 0.4) is 0 Å². The summed E-state index contributed by atoms with van der Waals surface area (Å²) in [7, 11) is -3.42. The summed E-state index contributed by atoms with van der Waals surface area (Å²) in [4.78, 5) is 2.58. The first kappa shape index (κ1) is 16.3. The summed E-state index contributed by atoms with van der Waals surface area (Å²) in [5, 5.41) is 3.21. The average molecular weight is 311 g/mol. The molecule has 6 heteroatoms. The van der Waals surface area contributed by atoms with Crippen LogP contribution in [0.25, 0.3) is 0 Å². The van der Waals surface area contributed by atoms with Gasteiger partial charge in [0.1, 0.15) is 0 Å². The molecular weight excluding hydrogens is 286 g/mol. The highest BCUT2D eigenvalue weighted by atomic mass is 32.2. The molecule has 0 saturated heterocycles. The number of nitrogens with zero attached hydrogens (tertiary/aromatic N) is 1. The van der Waals surface area contributed by atoms with E-state index in [9.17, 15) is 8.42 Å². The number of likely N-dealkylation sites (N-methyl/N-ethyl adjacent to an activating group) is 1. The zero-order chi connectivity index (χ0) is 15.3. The molecule has 1 aromatic rings. The zero-order valence-electron chi connectivity index (χ0n) is 12.9. The zero-order valence-corrected chi connectivity index (χ0v) is 13.7. The number of benzene rings is 1. The Morgan fingerprint density at radius 2 is 2.10 bits per heavy atom. The van der Waals surface area contributed by atoms with Crippen LogP contribution in [-0.2, 0) is 16.4 Å². The molecule has 2 N–H and O–H groups in total. The monoisotopic (exact) mass is 311 g/mol. The van der Waals surface area contributed by atoms with Gasteiger partial charge >= 0.3 is 0 Å². The third-order valence-corrected chi connectivity index (χ3v) is 5.27. The Bertz CT molecular complexity index is 572. The Kier molecular flexibility index (Phi) is 5.61. The molecular formula is C15H25N3O2S. The maximum atomic E-state index is 12.3. The van der Waals surface area contributed by atoms with Gasteiger partial charge < -0.3 is 10.2 Å². The Balaban J connectivity index is 1.95. The molecule has 2 rings (SSSR count). The fraction of sp³-hybridized carbons (Fsp3) is 0.600. The highest BCUT2D eigenvalue weighted by molar-refractivity contribution is 7.89. The van der Waals surface area contributed by atoms with E-state index >= 15 is 0 Å². The summed E-state index contributed by atoms with van der Waals surface area (Å²) in [5.74, 6) is 0. The van der Waals surface area contributed by atoms with Crippen LogP contribution in [0.4, 0.5) is 5.69 Å². The van der Waals surface area contributed by atoms with E-state index in [1.165, 1.54) is 5.56 Å². The van der Waals surface area contributed by atoms with Gasteiger partial charge in [-0.25, -0.2) is 13.1 Å². The fourth-order valence-corrected chi connectivity index (χ4v) is 3.65. The van der Waals surface area contributed by atoms with Crippen molar-refractivity contribution in [2.24, 2.45) is 0 Å². The molecule has 0 bridgehead atoms. The van der Waals surface area contributed by atoms with Crippen LogP contribution in [0.5, 0.6) is 0 Å². The number of nitrogens with one attached hydrogen (secondary N) is 2. The van der Waals surface area contributed by atoms with Gasteiger partial charge in [-0.15, -0.1) is 0 Å².